The van der Waals surface area contributed by atoms with Gasteiger partial charge in [0.15, 0.2) is 0 Å². The molecule has 44 valence electrons. The quantitative estimate of drug-likeness (QED) is 0.501. The van der Waals surface area contributed by atoms with Crippen LogP contribution in [0.1, 0.15) is 5.69 Å². The van der Waals surface area contributed by atoms with Crippen LogP contribution in [-0.4, -0.2) is 9.97 Å². The van der Waals surface area contributed by atoms with Crippen molar-refractivity contribution in [1.29, 1.82) is 0 Å². The minimum Gasteiger partial charge on any atom is -0.269 e. The molecule has 0 aromatic carbocycles. The molecule has 0 saturated heterocycles. The Morgan fingerprint density at radius 3 is 2.50 bits per heavy atom. The summed E-state index contributed by atoms with van der Waals surface area (Å²) in [6.07, 6.45) is 3.26. The molecular formula is C5H7FN2. The zero-order valence-electron chi connectivity index (χ0n) is 4.53. The van der Waals surface area contributed by atoms with Crippen molar-refractivity contribution in [2.45, 2.75) is 6.92 Å². The molecule has 0 radical (unpaired) electrons. The molecule has 0 amide bonds. The van der Waals surface area contributed by atoms with Crippen molar-refractivity contribution in [3.05, 3.63) is 24.3 Å². The summed E-state index contributed by atoms with van der Waals surface area (Å²) in [5.41, 5.74) is 1.01. The van der Waals surface area contributed by atoms with Gasteiger partial charge in [-0.15, -0.1) is 0 Å². The van der Waals surface area contributed by atoms with E-state index in [1.807, 2.05) is 13.0 Å². The average molecular weight is 114 g/mol. The van der Waals surface area contributed by atoms with E-state index in [-0.39, 0.29) is 4.70 Å². The highest BCUT2D eigenvalue weighted by atomic mass is 19.0. The molecule has 1 aromatic heterocycles. The largest absolute Gasteiger partial charge is 0.269 e. The monoisotopic (exact) mass is 114 g/mol. The van der Waals surface area contributed by atoms with Gasteiger partial charge in [0.05, 0.1) is 0 Å². The topological polar surface area (TPSA) is 25.8 Å². The number of hydrogen-bond donors (Lipinski definition) is 0. The highest BCUT2D eigenvalue weighted by molar-refractivity contribution is 4.92. The fourth-order valence-corrected chi connectivity index (χ4v) is 0.357. The molecule has 8 heavy (non-hydrogen) atoms. The van der Waals surface area contributed by atoms with E-state index in [0.717, 1.165) is 5.69 Å². The van der Waals surface area contributed by atoms with Crippen molar-refractivity contribution in [2.75, 3.05) is 0 Å². The molecule has 1 heterocycles. The first kappa shape index (κ1) is 7.01. The predicted molar refractivity (Wildman–Crippen MR) is 29.3 cm³/mol. The van der Waals surface area contributed by atoms with Crippen LogP contribution in [0.5, 0.6) is 0 Å². The van der Waals surface area contributed by atoms with Gasteiger partial charge >= 0.3 is 0 Å². The van der Waals surface area contributed by atoms with Crippen molar-refractivity contribution in [2.24, 2.45) is 0 Å². The first-order valence-corrected chi connectivity index (χ1v) is 2.12. The Bertz CT molecular complexity index is 140. The van der Waals surface area contributed by atoms with E-state index in [2.05, 4.69) is 9.97 Å². The number of aryl methyl sites for hydroxylation is 1. The molecule has 0 spiro atoms. The fraction of sp³-hybridized carbons (Fsp3) is 0.200. The van der Waals surface area contributed by atoms with E-state index in [1.165, 1.54) is 6.33 Å². The van der Waals surface area contributed by atoms with E-state index < -0.39 is 0 Å². The van der Waals surface area contributed by atoms with Crippen molar-refractivity contribution in [3.8, 4) is 0 Å². The summed E-state index contributed by atoms with van der Waals surface area (Å²) in [7, 11) is 0. The van der Waals surface area contributed by atoms with Gasteiger partial charge in [0.1, 0.15) is 6.33 Å². The van der Waals surface area contributed by atoms with Gasteiger partial charge in [-0.1, -0.05) is 0 Å². The lowest BCUT2D eigenvalue weighted by Gasteiger charge is -1.81. The molecule has 0 aliphatic carbocycles. The lowest BCUT2D eigenvalue weighted by Crippen LogP contribution is -1.77. The van der Waals surface area contributed by atoms with Crippen molar-refractivity contribution < 1.29 is 4.70 Å². The zero-order chi connectivity index (χ0) is 5.11. The zero-order valence-corrected chi connectivity index (χ0v) is 4.53. The van der Waals surface area contributed by atoms with Crippen LogP contribution < -0.4 is 0 Å². The molecule has 0 fully saturated rings. The number of halogens is 1. The van der Waals surface area contributed by atoms with E-state index >= 15 is 0 Å². The van der Waals surface area contributed by atoms with Crippen LogP contribution in [0, 0.1) is 6.92 Å². The molecule has 1 aromatic rings. The second-order valence-electron chi connectivity index (χ2n) is 1.35. The van der Waals surface area contributed by atoms with Gasteiger partial charge in [-0.2, -0.15) is 0 Å². The van der Waals surface area contributed by atoms with Gasteiger partial charge in [0.2, 0.25) is 0 Å². The number of hydrogen-bond acceptors (Lipinski definition) is 2. The third-order valence-corrected chi connectivity index (χ3v) is 0.730. The van der Waals surface area contributed by atoms with Gasteiger partial charge < -0.3 is 0 Å². The van der Waals surface area contributed by atoms with Crippen LogP contribution in [0.15, 0.2) is 18.6 Å². The van der Waals surface area contributed by atoms with E-state index in [4.69, 9.17) is 0 Å². The van der Waals surface area contributed by atoms with Crippen LogP contribution in [0.2, 0.25) is 0 Å². The van der Waals surface area contributed by atoms with Gasteiger partial charge in [-0.05, 0) is 13.0 Å². The first-order valence-electron chi connectivity index (χ1n) is 2.12. The Balaban J connectivity index is 0.000000490. The lowest BCUT2D eigenvalue weighted by atomic mass is 10.5. The highest BCUT2D eigenvalue weighted by Crippen LogP contribution is 1.82. The molecule has 0 aliphatic heterocycles. The van der Waals surface area contributed by atoms with Crippen LogP contribution in [0.4, 0.5) is 4.70 Å². The Morgan fingerprint density at radius 2 is 2.25 bits per heavy atom. The third-order valence-electron chi connectivity index (χ3n) is 0.730. The molecule has 0 saturated carbocycles. The molecule has 0 atom stereocenters. The molecule has 0 bridgehead atoms. The van der Waals surface area contributed by atoms with Crippen molar-refractivity contribution in [1.82, 2.24) is 9.97 Å². The SMILES string of the molecule is Cc1ccncn1.F. The van der Waals surface area contributed by atoms with Gasteiger partial charge in [0.25, 0.3) is 0 Å². The van der Waals surface area contributed by atoms with Crippen molar-refractivity contribution in [3.63, 3.8) is 0 Å². The van der Waals surface area contributed by atoms with E-state index in [0.29, 0.717) is 0 Å². The standard InChI is InChI=1S/C5H6N2.FH/c1-5-2-3-6-4-7-5;/h2-4H,1H3;1H. The van der Waals surface area contributed by atoms with Gasteiger partial charge in [0, 0.05) is 11.9 Å². The normalized spacial score (nSPS) is 7.62. The smallest absolute Gasteiger partial charge is 0.115 e. The summed E-state index contributed by atoms with van der Waals surface area (Å²) < 4.78 is 0. The number of aromatic nitrogens is 2. The second-order valence-corrected chi connectivity index (χ2v) is 1.35. The Hall–Kier alpha value is -0.990. The van der Waals surface area contributed by atoms with Crippen molar-refractivity contribution >= 4 is 0 Å². The average Bonchev–Trinajstić information content (AvgIpc) is 1.69. The van der Waals surface area contributed by atoms with Crippen LogP contribution in [-0.2, 0) is 0 Å². The summed E-state index contributed by atoms with van der Waals surface area (Å²) in [6, 6.07) is 1.86. The van der Waals surface area contributed by atoms with Crippen LogP contribution in [0.3, 0.4) is 0 Å². The summed E-state index contributed by atoms with van der Waals surface area (Å²) >= 11 is 0. The van der Waals surface area contributed by atoms with E-state index in [9.17, 15) is 0 Å². The molecule has 1 rings (SSSR count). The van der Waals surface area contributed by atoms with E-state index in [1.54, 1.807) is 6.20 Å². The van der Waals surface area contributed by atoms with Crippen LogP contribution in [0.25, 0.3) is 0 Å². The predicted octanol–water partition coefficient (Wildman–Crippen LogP) is 0.938. The van der Waals surface area contributed by atoms with Gasteiger partial charge in [-0.25, -0.2) is 9.97 Å². The summed E-state index contributed by atoms with van der Waals surface area (Å²) in [5, 5.41) is 0. The maximum absolute atomic E-state index is 3.87. The second kappa shape index (κ2) is 3.07. The van der Waals surface area contributed by atoms with Crippen LogP contribution >= 0.6 is 0 Å². The fourth-order valence-electron chi connectivity index (χ4n) is 0.357. The summed E-state index contributed by atoms with van der Waals surface area (Å²) in [5.74, 6) is 0. The highest BCUT2D eigenvalue weighted by Gasteiger charge is 1.74. The summed E-state index contributed by atoms with van der Waals surface area (Å²) in [4.78, 5) is 7.60. The molecule has 0 unspecified atom stereocenters. The van der Waals surface area contributed by atoms with Gasteiger partial charge in [-0.3, -0.25) is 4.70 Å². The Morgan fingerprint density at radius 1 is 1.50 bits per heavy atom. The molecule has 0 N–H and O–H groups in total. The number of rotatable bonds is 0. The minimum absolute atomic E-state index is 0. The maximum Gasteiger partial charge on any atom is 0.115 e. The first-order chi connectivity index (χ1) is 3.39. The number of nitrogens with zero attached hydrogens (tertiary/aromatic N) is 2. The lowest BCUT2D eigenvalue weighted by molar-refractivity contribution is 1.10. The third kappa shape index (κ3) is 1.64. The summed E-state index contributed by atoms with van der Waals surface area (Å²) in [6.45, 7) is 1.93. The Labute approximate surface area is 47.0 Å². The molecule has 3 heteroatoms. The maximum atomic E-state index is 3.87. The molecule has 2 nitrogen and oxygen atoms in total. The molecular weight excluding hydrogens is 107 g/mol. The minimum atomic E-state index is 0. The molecule has 0 aliphatic rings. The Kier molecular flexibility index (Phi) is 2.69.